The average molecular weight is 302 g/mol. The summed E-state index contributed by atoms with van der Waals surface area (Å²) in [5.41, 5.74) is 0.00296. The first-order chi connectivity index (χ1) is 10.6. The van der Waals surface area contributed by atoms with Crippen molar-refractivity contribution in [1.82, 2.24) is 0 Å². The average Bonchev–Trinajstić information content (AvgIpc) is 2.84. The fourth-order valence-corrected chi connectivity index (χ4v) is 5.22. The van der Waals surface area contributed by atoms with Gasteiger partial charge in [-0.25, -0.2) is 0 Å². The van der Waals surface area contributed by atoms with Crippen LogP contribution in [-0.4, -0.2) is 28.8 Å². The van der Waals surface area contributed by atoms with E-state index in [1.807, 2.05) is 30.3 Å². The lowest BCUT2D eigenvalue weighted by Gasteiger charge is -2.29. The second-order valence-corrected chi connectivity index (χ2v) is 6.80. The third-order valence-electron chi connectivity index (χ3n) is 6.00. The first-order valence-electron chi connectivity index (χ1n) is 7.65. The van der Waals surface area contributed by atoms with Crippen molar-refractivity contribution in [2.75, 3.05) is 6.61 Å². The summed E-state index contributed by atoms with van der Waals surface area (Å²) >= 11 is 0. The predicted molar refractivity (Wildman–Crippen MR) is 75.9 cm³/mol. The summed E-state index contributed by atoms with van der Waals surface area (Å²) in [6, 6.07) is 9.61. The molecule has 4 fully saturated rings. The zero-order valence-electron chi connectivity index (χ0n) is 12.0. The first kappa shape index (κ1) is 13.8. The normalized spacial score (nSPS) is 40.6. The van der Waals surface area contributed by atoms with E-state index in [-0.39, 0.29) is 30.3 Å². The van der Waals surface area contributed by atoms with E-state index in [2.05, 4.69) is 0 Å². The Bertz CT molecular complexity index is 627. The number of aliphatic carboxylic acids is 2. The molecule has 5 heteroatoms. The molecule has 0 aromatic heterocycles. The number of carboxylic acids is 2. The Morgan fingerprint density at radius 1 is 1.23 bits per heavy atom. The Hall–Kier alpha value is -1.88. The van der Waals surface area contributed by atoms with Crippen LogP contribution in [0.15, 0.2) is 30.3 Å². The highest BCUT2D eigenvalue weighted by molar-refractivity contribution is 5.83. The quantitative estimate of drug-likeness (QED) is 0.838. The molecule has 2 N–H and O–H groups in total. The number of hydrogen-bond donors (Lipinski definition) is 2. The van der Waals surface area contributed by atoms with Crippen molar-refractivity contribution in [3.05, 3.63) is 35.9 Å². The topological polar surface area (TPSA) is 83.8 Å². The lowest BCUT2D eigenvalue weighted by atomic mass is 9.77. The predicted octanol–water partition coefficient (Wildman–Crippen LogP) is 1.87. The van der Waals surface area contributed by atoms with Crippen molar-refractivity contribution in [1.29, 1.82) is 0 Å². The highest BCUT2D eigenvalue weighted by Gasteiger charge is 2.83. The maximum Gasteiger partial charge on any atom is 0.312 e. The molecule has 5 nitrogen and oxygen atoms in total. The maximum atomic E-state index is 11.9. The second kappa shape index (κ2) is 4.56. The van der Waals surface area contributed by atoms with Gasteiger partial charge < -0.3 is 14.9 Å². The third-order valence-corrected chi connectivity index (χ3v) is 6.00. The van der Waals surface area contributed by atoms with Crippen molar-refractivity contribution in [3.8, 4) is 0 Å². The summed E-state index contributed by atoms with van der Waals surface area (Å²) < 4.78 is 5.72. The zero-order chi connectivity index (χ0) is 15.5. The van der Waals surface area contributed by atoms with Crippen molar-refractivity contribution < 1.29 is 24.5 Å². The van der Waals surface area contributed by atoms with Gasteiger partial charge in [-0.1, -0.05) is 30.3 Å². The molecule has 0 saturated heterocycles. The molecule has 6 unspecified atom stereocenters. The lowest BCUT2D eigenvalue weighted by molar-refractivity contribution is -0.159. The molecular weight excluding hydrogens is 284 g/mol. The van der Waals surface area contributed by atoms with Gasteiger partial charge in [0.2, 0.25) is 0 Å². The van der Waals surface area contributed by atoms with Gasteiger partial charge in [-0.3, -0.25) is 9.59 Å². The van der Waals surface area contributed by atoms with Gasteiger partial charge in [-0.15, -0.1) is 0 Å². The molecule has 6 atom stereocenters. The van der Waals surface area contributed by atoms with Gasteiger partial charge in [-0.05, 0) is 35.7 Å². The maximum absolute atomic E-state index is 11.9. The van der Waals surface area contributed by atoms with Gasteiger partial charge in [0.1, 0.15) is 0 Å². The Balaban J connectivity index is 1.51. The molecule has 4 bridgehead atoms. The van der Waals surface area contributed by atoms with Crippen LogP contribution in [0.1, 0.15) is 12.0 Å². The Labute approximate surface area is 127 Å². The Morgan fingerprint density at radius 2 is 1.95 bits per heavy atom. The lowest BCUT2D eigenvalue weighted by Crippen LogP contribution is -2.41. The molecule has 1 aromatic rings. The van der Waals surface area contributed by atoms with Crippen LogP contribution in [0.4, 0.5) is 0 Å². The smallest absolute Gasteiger partial charge is 0.312 e. The van der Waals surface area contributed by atoms with Crippen LogP contribution in [0.3, 0.4) is 0 Å². The minimum absolute atomic E-state index is 0.00752. The van der Waals surface area contributed by atoms with Crippen molar-refractivity contribution in [2.24, 2.45) is 35.0 Å². The van der Waals surface area contributed by atoms with E-state index in [0.717, 1.165) is 12.0 Å². The number of rotatable bonds is 6. The van der Waals surface area contributed by atoms with E-state index in [0.29, 0.717) is 6.61 Å². The van der Waals surface area contributed by atoms with Gasteiger partial charge in [-0.2, -0.15) is 0 Å². The van der Waals surface area contributed by atoms with Crippen molar-refractivity contribution in [2.45, 2.75) is 13.0 Å². The van der Waals surface area contributed by atoms with E-state index < -0.39 is 23.3 Å². The molecule has 0 radical (unpaired) electrons. The number of ether oxygens (including phenoxy) is 1. The van der Waals surface area contributed by atoms with Gasteiger partial charge in [0.25, 0.3) is 0 Å². The van der Waals surface area contributed by atoms with Crippen LogP contribution in [0.2, 0.25) is 0 Å². The van der Waals surface area contributed by atoms with E-state index >= 15 is 0 Å². The minimum Gasteiger partial charge on any atom is -0.481 e. The first-order valence-corrected chi connectivity index (χ1v) is 7.65. The van der Waals surface area contributed by atoms with Crippen molar-refractivity contribution in [3.63, 3.8) is 0 Å². The molecule has 5 rings (SSSR count). The molecule has 0 heterocycles. The van der Waals surface area contributed by atoms with E-state index in [1.165, 1.54) is 0 Å². The molecule has 0 aliphatic heterocycles. The monoisotopic (exact) mass is 302 g/mol. The molecule has 0 spiro atoms. The number of carbonyl (C=O) groups is 2. The van der Waals surface area contributed by atoms with Crippen LogP contribution in [0, 0.1) is 35.0 Å². The molecule has 4 saturated carbocycles. The van der Waals surface area contributed by atoms with Crippen LogP contribution < -0.4 is 0 Å². The molecule has 22 heavy (non-hydrogen) atoms. The summed E-state index contributed by atoms with van der Waals surface area (Å²) in [7, 11) is 0. The molecular formula is C17H18O5. The van der Waals surface area contributed by atoms with Gasteiger partial charge in [0.15, 0.2) is 0 Å². The summed E-state index contributed by atoms with van der Waals surface area (Å²) in [6.07, 6.45) is 0.729. The summed E-state index contributed by atoms with van der Waals surface area (Å²) in [5, 5.41) is 19.2. The van der Waals surface area contributed by atoms with E-state index in [4.69, 9.17) is 4.74 Å². The molecule has 4 aliphatic rings. The third kappa shape index (κ3) is 1.63. The molecule has 0 amide bonds. The number of hydrogen-bond acceptors (Lipinski definition) is 3. The fourth-order valence-electron chi connectivity index (χ4n) is 5.22. The highest BCUT2D eigenvalue weighted by atomic mass is 16.5. The fraction of sp³-hybridized carbons (Fsp3) is 0.529. The minimum atomic E-state index is -0.993. The Morgan fingerprint density at radius 3 is 2.50 bits per heavy atom. The van der Waals surface area contributed by atoms with Crippen LogP contribution >= 0.6 is 0 Å². The van der Waals surface area contributed by atoms with E-state index in [1.54, 1.807) is 0 Å². The highest BCUT2D eigenvalue weighted by Crippen LogP contribution is 2.80. The van der Waals surface area contributed by atoms with Crippen LogP contribution in [-0.2, 0) is 20.9 Å². The van der Waals surface area contributed by atoms with E-state index in [9.17, 15) is 19.8 Å². The number of benzene rings is 1. The van der Waals surface area contributed by atoms with Gasteiger partial charge >= 0.3 is 11.9 Å². The van der Waals surface area contributed by atoms with Crippen LogP contribution in [0.5, 0.6) is 0 Å². The summed E-state index contributed by atoms with van der Waals surface area (Å²) in [5.74, 6) is -2.17. The molecule has 4 aliphatic carbocycles. The zero-order valence-corrected chi connectivity index (χ0v) is 12.0. The summed E-state index contributed by atoms with van der Waals surface area (Å²) in [6.45, 7) is 0.478. The number of carboxylic acid groups (broad SMARTS) is 2. The largest absolute Gasteiger partial charge is 0.481 e. The summed E-state index contributed by atoms with van der Waals surface area (Å²) in [4.78, 5) is 23.4. The van der Waals surface area contributed by atoms with Gasteiger partial charge in [0.05, 0.1) is 24.5 Å². The van der Waals surface area contributed by atoms with Gasteiger partial charge in [0, 0.05) is 0 Å². The SMILES string of the molecule is O=C(O)C1C2C3CC1C(COCc1ccccc1)(C(=O)O)C32. The van der Waals surface area contributed by atoms with Crippen molar-refractivity contribution >= 4 is 11.9 Å². The van der Waals surface area contributed by atoms with Crippen LogP contribution in [0.25, 0.3) is 0 Å². The Kier molecular flexibility index (Phi) is 2.85. The molecule has 116 valence electrons. The molecule has 1 aromatic carbocycles. The second-order valence-electron chi connectivity index (χ2n) is 6.80. The standard InChI is InChI=1S/C17H18O5/c18-15(19)13-11-6-10-12(13)14(10)17(11,16(20)21)8-22-7-9-4-2-1-3-5-9/h1-5,10-14H,6-8H2,(H,18,19)(H,20,21).